The van der Waals surface area contributed by atoms with E-state index in [4.69, 9.17) is 5.73 Å². The summed E-state index contributed by atoms with van der Waals surface area (Å²) in [6, 6.07) is 14.8. The highest BCUT2D eigenvalue weighted by Crippen LogP contribution is 2.28. The number of likely N-dealkylation sites (tertiary alicyclic amines) is 1. The maximum atomic E-state index is 13.6. The number of fused-ring (bicyclic) bond motifs is 2. The molecule has 1 saturated heterocycles. The quantitative estimate of drug-likeness (QED) is 0.373. The molecule has 0 saturated carbocycles. The van der Waals surface area contributed by atoms with Gasteiger partial charge in [-0.2, -0.15) is 10.2 Å². The molecule has 2 aromatic carbocycles. The zero-order valence-corrected chi connectivity index (χ0v) is 20.2. The minimum absolute atomic E-state index is 0.0705. The normalized spacial score (nSPS) is 16.1. The predicted molar refractivity (Wildman–Crippen MR) is 139 cm³/mol. The van der Waals surface area contributed by atoms with E-state index < -0.39 is 0 Å². The van der Waals surface area contributed by atoms with E-state index in [-0.39, 0.29) is 11.4 Å². The molecule has 0 spiro atoms. The largest absolute Gasteiger partial charge is 0.338 e. The smallest absolute Gasteiger partial charge is 0.158 e. The summed E-state index contributed by atoms with van der Waals surface area (Å²) in [6.45, 7) is 5.44. The first-order valence-electron chi connectivity index (χ1n) is 12.2. The summed E-state index contributed by atoms with van der Waals surface area (Å²) in [4.78, 5) is 7.01. The summed E-state index contributed by atoms with van der Waals surface area (Å²) in [6.07, 6.45) is 7.36. The first-order valence-corrected chi connectivity index (χ1v) is 12.2. The fourth-order valence-electron chi connectivity index (χ4n) is 4.94. The maximum absolute atomic E-state index is 13.6. The lowest BCUT2D eigenvalue weighted by Crippen LogP contribution is -2.47. The lowest BCUT2D eigenvalue weighted by molar-refractivity contribution is 0.165. The number of halogens is 1. The van der Waals surface area contributed by atoms with Crippen LogP contribution in [0.15, 0.2) is 67.3 Å². The fraction of sp³-hybridized carbons (Fsp3) is 0.296. The zero-order chi connectivity index (χ0) is 24.7. The van der Waals surface area contributed by atoms with Gasteiger partial charge in [0.2, 0.25) is 0 Å². The number of hydrogen-bond acceptors (Lipinski definition) is 6. The van der Waals surface area contributed by atoms with Crippen LogP contribution in [0, 0.1) is 5.82 Å². The van der Waals surface area contributed by atoms with Crippen molar-refractivity contribution in [3.8, 4) is 0 Å². The van der Waals surface area contributed by atoms with Crippen LogP contribution in [-0.4, -0.2) is 47.9 Å². The van der Waals surface area contributed by atoms with Gasteiger partial charge in [-0.15, -0.1) is 0 Å². The van der Waals surface area contributed by atoms with Crippen LogP contribution < -0.4 is 11.1 Å². The lowest BCUT2D eigenvalue weighted by Gasteiger charge is -2.36. The molecular formula is C27H29FN8. The Kier molecular flexibility index (Phi) is 5.66. The van der Waals surface area contributed by atoms with Crippen LogP contribution in [-0.2, 0) is 13.1 Å². The molecule has 184 valence electrons. The predicted octanol–water partition coefficient (Wildman–Crippen LogP) is 4.32. The Morgan fingerprint density at radius 3 is 2.75 bits per heavy atom. The van der Waals surface area contributed by atoms with Crippen molar-refractivity contribution in [3.05, 3.63) is 84.2 Å². The average Bonchev–Trinajstić information content (AvgIpc) is 3.45. The van der Waals surface area contributed by atoms with Gasteiger partial charge in [-0.3, -0.25) is 9.58 Å². The minimum Gasteiger partial charge on any atom is -0.338 e. The van der Waals surface area contributed by atoms with Crippen LogP contribution in [0.5, 0.6) is 0 Å². The van der Waals surface area contributed by atoms with E-state index in [1.54, 1.807) is 12.4 Å². The molecule has 0 bridgehead atoms. The lowest BCUT2D eigenvalue weighted by atomic mass is 9.91. The van der Waals surface area contributed by atoms with Crippen molar-refractivity contribution in [1.29, 1.82) is 0 Å². The van der Waals surface area contributed by atoms with E-state index in [1.807, 2.05) is 39.8 Å². The first-order chi connectivity index (χ1) is 17.4. The van der Waals surface area contributed by atoms with Crippen molar-refractivity contribution < 1.29 is 4.39 Å². The number of hydrogen-bond donors (Lipinski definition) is 2. The minimum atomic E-state index is -0.241. The van der Waals surface area contributed by atoms with Gasteiger partial charge in [0, 0.05) is 42.4 Å². The molecule has 1 aliphatic rings. The van der Waals surface area contributed by atoms with Gasteiger partial charge < -0.3 is 11.1 Å². The summed E-state index contributed by atoms with van der Waals surface area (Å²) in [5, 5.41) is 13.4. The third kappa shape index (κ3) is 4.55. The van der Waals surface area contributed by atoms with Gasteiger partial charge in [0.05, 0.1) is 18.3 Å². The Bertz CT molecular complexity index is 1530. The van der Waals surface area contributed by atoms with Crippen LogP contribution in [0.2, 0.25) is 0 Å². The molecule has 5 aromatic rings. The third-order valence-corrected chi connectivity index (χ3v) is 7.06. The number of nitrogens with two attached hydrogens (primary N) is 1. The fourth-order valence-corrected chi connectivity index (χ4v) is 4.94. The van der Waals surface area contributed by atoms with Crippen molar-refractivity contribution in [1.82, 2.24) is 29.3 Å². The highest BCUT2D eigenvalue weighted by atomic mass is 19.1. The van der Waals surface area contributed by atoms with Crippen LogP contribution in [0.1, 0.15) is 30.9 Å². The molecule has 36 heavy (non-hydrogen) atoms. The molecule has 0 radical (unpaired) electrons. The number of nitrogens with zero attached hydrogens (tertiary/aromatic N) is 6. The van der Waals surface area contributed by atoms with Gasteiger partial charge in [-0.05, 0) is 67.3 Å². The second-order valence-electron chi connectivity index (χ2n) is 10.0. The van der Waals surface area contributed by atoms with Crippen molar-refractivity contribution >= 4 is 27.9 Å². The maximum Gasteiger partial charge on any atom is 0.158 e. The van der Waals surface area contributed by atoms with Crippen LogP contribution in [0.3, 0.4) is 0 Å². The number of benzene rings is 2. The second-order valence-corrected chi connectivity index (χ2v) is 10.0. The van der Waals surface area contributed by atoms with E-state index in [0.29, 0.717) is 6.54 Å². The Morgan fingerprint density at radius 1 is 1.06 bits per heavy atom. The molecule has 4 heterocycles. The molecule has 0 amide bonds. The number of aromatic nitrogens is 5. The van der Waals surface area contributed by atoms with E-state index >= 15 is 0 Å². The molecule has 3 aromatic heterocycles. The summed E-state index contributed by atoms with van der Waals surface area (Å²) < 4.78 is 17.3. The molecule has 9 heteroatoms. The van der Waals surface area contributed by atoms with Crippen LogP contribution in [0.4, 0.5) is 15.9 Å². The first kappa shape index (κ1) is 22.6. The second kappa shape index (κ2) is 9.00. The number of anilines is 2. The Labute approximate surface area is 208 Å². The van der Waals surface area contributed by atoms with Gasteiger partial charge in [0.15, 0.2) is 5.82 Å². The van der Waals surface area contributed by atoms with Gasteiger partial charge in [-0.1, -0.05) is 12.1 Å². The number of nitrogens with one attached hydrogen (secondary N) is 1. The third-order valence-electron chi connectivity index (χ3n) is 7.06. The summed E-state index contributed by atoms with van der Waals surface area (Å²) >= 11 is 0. The monoisotopic (exact) mass is 484 g/mol. The van der Waals surface area contributed by atoms with E-state index in [0.717, 1.165) is 66.0 Å². The molecule has 1 fully saturated rings. The van der Waals surface area contributed by atoms with E-state index in [2.05, 4.69) is 44.5 Å². The highest BCUT2D eigenvalue weighted by molar-refractivity contribution is 5.85. The highest BCUT2D eigenvalue weighted by Gasteiger charge is 2.26. The molecule has 8 nitrogen and oxygen atoms in total. The molecule has 3 N–H and O–H groups in total. The molecule has 0 atom stereocenters. The molecule has 0 unspecified atom stereocenters. The van der Waals surface area contributed by atoms with Crippen LogP contribution >= 0.6 is 0 Å². The topological polar surface area (TPSA) is 89.3 Å². The molecule has 1 aliphatic heterocycles. The van der Waals surface area contributed by atoms with Crippen molar-refractivity contribution in [3.63, 3.8) is 0 Å². The van der Waals surface area contributed by atoms with Gasteiger partial charge >= 0.3 is 0 Å². The molecule has 0 aliphatic carbocycles. The number of rotatable bonds is 6. The molecular weight excluding hydrogens is 455 g/mol. The zero-order valence-electron chi connectivity index (χ0n) is 20.2. The van der Waals surface area contributed by atoms with E-state index in [1.165, 1.54) is 17.7 Å². The van der Waals surface area contributed by atoms with Gasteiger partial charge in [0.1, 0.15) is 17.7 Å². The summed E-state index contributed by atoms with van der Waals surface area (Å²) in [5.74, 6) is 0.520. The SMILES string of the molecule is CC1(N)CCN(Cc2ccn3ncnc(Nc4ccc5c(cnn5Cc5cccc(F)c5)c4)c23)CC1. The Morgan fingerprint density at radius 2 is 1.92 bits per heavy atom. The number of piperidine rings is 1. The summed E-state index contributed by atoms with van der Waals surface area (Å²) in [5.41, 5.74) is 11.2. The van der Waals surface area contributed by atoms with Crippen LogP contribution in [0.25, 0.3) is 16.4 Å². The standard InChI is InChI=1S/C27H29FN8/c1-27(29)8-11-34(12-9-27)17-20-7-10-35-25(20)26(30-18-32-35)33-23-5-6-24-21(14-23)15-31-36(24)16-19-3-2-4-22(28)13-19/h2-7,10,13-15,18H,8-9,11-12,16-17,29H2,1H3,(H,30,32,33). The average molecular weight is 485 g/mol. The van der Waals surface area contributed by atoms with E-state index in [9.17, 15) is 4.39 Å². The Balaban J connectivity index is 1.24. The van der Waals surface area contributed by atoms with Gasteiger partial charge in [-0.25, -0.2) is 13.9 Å². The Hall–Kier alpha value is -3.82. The van der Waals surface area contributed by atoms with Crippen molar-refractivity contribution in [2.45, 2.75) is 38.4 Å². The van der Waals surface area contributed by atoms with Crippen molar-refractivity contribution in [2.75, 3.05) is 18.4 Å². The van der Waals surface area contributed by atoms with Crippen molar-refractivity contribution in [2.24, 2.45) is 5.73 Å². The summed E-state index contributed by atoms with van der Waals surface area (Å²) in [7, 11) is 0. The van der Waals surface area contributed by atoms with Gasteiger partial charge in [0.25, 0.3) is 0 Å². The molecule has 6 rings (SSSR count).